The van der Waals surface area contributed by atoms with Gasteiger partial charge in [-0.2, -0.15) is 0 Å². The fourth-order valence-corrected chi connectivity index (χ4v) is 1.69. The molecule has 2 aromatic rings. The molecule has 0 aliphatic carbocycles. The van der Waals surface area contributed by atoms with E-state index in [1.54, 1.807) is 18.2 Å². The molecule has 0 saturated heterocycles. The Morgan fingerprint density at radius 2 is 1.58 bits per heavy atom. The van der Waals surface area contributed by atoms with Crippen LogP contribution in [-0.2, 0) is 14.3 Å². The summed E-state index contributed by atoms with van der Waals surface area (Å²) in [5.74, 6) is -1.64. The average Bonchev–Trinajstić information content (AvgIpc) is 2.62. The zero-order chi connectivity index (χ0) is 17.8. The highest BCUT2D eigenvalue weighted by Gasteiger charge is 2.09. The van der Waals surface area contributed by atoms with Crippen molar-refractivity contribution in [3.8, 4) is 6.26 Å². The fraction of sp³-hybridized carbons (Fsp3) is 0. The van der Waals surface area contributed by atoms with Gasteiger partial charge in [0.25, 0.3) is 6.26 Å². The molecule has 0 fully saturated rings. The number of nitriles is 1. The van der Waals surface area contributed by atoms with Gasteiger partial charge in [0.1, 0.15) is 0 Å². The molecule has 0 spiro atoms. The average molecular weight is 321 g/mol. The van der Waals surface area contributed by atoms with Crippen LogP contribution in [-0.4, -0.2) is 17.0 Å². The molecule has 24 heavy (non-hydrogen) atoms. The number of carbonyl (C=O) groups excluding carboxylic acids is 1. The van der Waals surface area contributed by atoms with Crippen molar-refractivity contribution < 1.29 is 19.4 Å². The first-order valence-electron chi connectivity index (χ1n) is 6.86. The fourth-order valence-electron chi connectivity index (χ4n) is 1.69. The number of hydrogen-bond acceptors (Lipinski definition) is 4. The first-order valence-corrected chi connectivity index (χ1v) is 6.86. The predicted molar refractivity (Wildman–Crippen MR) is 90.3 cm³/mol. The van der Waals surface area contributed by atoms with Crippen molar-refractivity contribution in [1.82, 2.24) is 0 Å². The molecule has 0 aliphatic rings. The van der Waals surface area contributed by atoms with Crippen LogP contribution in [0.5, 0.6) is 0 Å². The maximum atomic E-state index is 11.2. The number of carboxylic acids is 1. The van der Waals surface area contributed by atoms with E-state index in [9.17, 15) is 14.7 Å². The van der Waals surface area contributed by atoms with Crippen molar-refractivity contribution in [3.05, 3.63) is 84.4 Å². The molecule has 0 amide bonds. The van der Waals surface area contributed by atoms with E-state index in [1.165, 1.54) is 6.26 Å². The molecule has 120 valence electrons. The van der Waals surface area contributed by atoms with Gasteiger partial charge in [-0.15, -0.1) is 5.26 Å². The lowest BCUT2D eigenvalue weighted by Crippen LogP contribution is -1.99. The molecular weight excluding hydrogens is 306 g/mol. The third-order valence-corrected chi connectivity index (χ3v) is 2.74. The van der Waals surface area contributed by atoms with Gasteiger partial charge in [0.2, 0.25) is 0 Å². The number of carboxylic acid groups (broad SMARTS) is 1. The van der Waals surface area contributed by atoms with Crippen LogP contribution in [0.2, 0.25) is 0 Å². The Kier molecular flexibility index (Phi) is 7.77. The number of rotatable bonds is 4. The van der Waals surface area contributed by atoms with Crippen LogP contribution < -0.4 is 0 Å². The molecule has 0 saturated carbocycles. The van der Waals surface area contributed by atoms with Gasteiger partial charge in [0.05, 0.1) is 5.57 Å². The zero-order valence-corrected chi connectivity index (χ0v) is 12.8. The first kappa shape index (κ1) is 18.4. The Morgan fingerprint density at radius 1 is 1.04 bits per heavy atom. The minimum absolute atomic E-state index is 0.303. The second-order valence-electron chi connectivity index (χ2n) is 4.36. The molecule has 5 nitrogen and oxygen atoms in total. The van der Waals surface area contributed by atoms with Crippen LogP contribution in [0.3, 0.4) is 0 Å². The maximum Gasteiger partial charge on any atom is 0.345 e. The molecule has 0 radical (unpaired) electrons. The van der Waals surface area contributed by atoms with Gasteiger partial charge in [-0.25, -0.2) is 9.59 Å². The minimum atomic E-state index is -0.917. The summed E-state index contributed by atoms with van der Waals surface area (Å²) in [6.07, 6.45) is 3.80. The van der Waals surface area contributed by atoms with Gasteiger partial charge >= 0.3 is 11.9 Å². The van der Waals surface area contributed by atoms with Crippen molar-refractivity contribution in [1.29, 1.82) is 5.26 Å². The lowest BCUT2D eigenvalue weighted by Gasteiger charge is -2.02. The third kappa shape index (κ3) is 6.41. The Hall–Kier alpha value is -3.65. The van der Waals surface area contributed by atoms with Gasteiger partial charge in [-0.3, -0.25) is 0 Å². The van der Waals surface area contributed by atoms with Crippen LogP contribution in [0.1, 0.15) is 11.1 Å². The lowest BCUT2D eigenvalue weighted by atomic mass is 10.0. The second kappa shape index (κ2) is 10.1. The summed E-state index contributed by atoms with van der Waals surface area (Å²) in [5, 5.41) is 16.8. The molecule has 0 aliphatic heterocycles. The molecule has 0 atom stereocenters. The molecule has 0 bridgehead atoms. The van der Waals surface area contributed by atoms with Crippen LogP contribution in [0, 0.1) is 11.5 Å². The molecule has 0 heterocycles. The molecular formula is C19H15NO4. The number of nitrogens with zero attached hydrogens (tertiary/aromatic N) is 1. The van der Waals surface area contributed by atoms with Gasteiger partial charge in [-0.1, -0.05) is 67.2 Å². The van der Waals surface area contributed by atoms with E-state index in [1.807, 2.05) is 48.5 Å². The highest BCUT2D eigenvalue weighted by atomic mass is 16.5. The predicted octanol–water partition coefficient (Wildman–Crippen LogP) is 3.51. The summed E-state index contributed by atoms with van der Waals surface area (Å²) in [6.45, 7) is 3.05. The number of ether oxygens (including phenoxy) is 1. The quantitative estimate of drug-likeness (QED) is 0.403. The standard InChI is InChI=1S/C15H12O2.C4H3NO2/c16-15(17)14(13-9-5-2-6-10-13)11-12-7-3-1-4-8-12;1-2-4(6)7-3-5/h1-11H,(H,16,17);2H,1H2. The molecule has 5 heteroatoms. The topological polar surface area (TPSA) is 87.4 Å². The molecule has 1 N–H and O–H groups in total. The molecule has 2 aromatic carbocycles. The highest BCUT2D eigenvalue weighted by Crippen LogP contribution is 2.18. The summed E-state index contributed by atoms with van der Waals surface area (Å²) in [5.41, 5.74) is 1.90. The SMILES string of the molecule is C=CC(=O)OC#N.O=C(O)C(=Cc1ccccc1)c1ccccc1. The Balaban J connectivity index is 0.000000351. The number of benzene rings is 2. The van der Waals surface area contributed by atoms with Gasteiger partial charge in [-0.05, 0) is 17.2 Å². The maximum absolute atomic E-state index is 11.2. The number of carbonyl (C=O) groups is 2. The van der Waals surface area contributed by atoms with E-state index in [0.29, 0.717) is 11.1 Å². The smallest absolute Gasteiger partial charge is 0.345 e. The first-order chi connectivity index (χ1) is 11.6. The van der Waals surface area contributed by atoms with E-state index in [4.69, 9.17) is 5.26 Å². The van der Waals surface area contributed by atoms with E-state index < -0.39 is 11.9 Å². The highest BCUT2D eigenvalue weighted by molar-refractivity contribution is 6.20. The van der Waals surface area contributed by atoms with E-state index >= 15 is 0 Å². The van der Waals surface area contributed by atoms with Crippen LogP contribution >= 0.6 is 0 Å². The summed E-state index contributed by atoms with van der Waals surface area (Å²) < 4.78 is 3.74. The van der Waals surface area contributed by atoms with Crippen molar-refractivity contribution in [2.75, 3.05) is 0 Å². The van der Waals surface area contributed by atoms with Gasteiger partial charge in [0, 0.05) is 6.08 Å². The van der Waals surface area contributed by atoms with Crippen LogP contribution in [0.15, 0.2) is 73.3 Å². The number of hydrogen-bond donors (Lipinski definition) is 1. The van der Waals surface area contributed by atoms with Crippen molar-refractivity contribution >= 4 is 23.6 Å². The summed E-state index contributed by atoms with van der Waals surface area (Å²) in [4.78, 5) is 21.1. The van der Waals surface area contributed by atoms with E-state index in [2.05, 4.69) is 11.3 Å². The number of aliphatic carboxylic acids is 1. The molecule has 0 unspecified atom stereocenters. The van der Waals surface area contributed by atoms with Crippen molar-refractivity contribution in [2.45, 2.75) is 0 Å². The lowest BCUT2D eigenvalue weighted by molar-refractivity contribution is -0.131. The normalized spacial score (nSPS) is 9.71. The molecule has 0 aromatic heterocycles. The van der Waals surface area contributed by atoms with Crippen LogP contribution in [0.25, 0.3) is 11.6 Å². The third-order valence-electron chi connectivity index (χ3n) is 2.74. The summed E-state index contributed by atoms with van der Waals surface area (Å²) in [7, 11) is 0. The molecule has 2 rings (SSSR count). The van der Waals surface area contributed by atoms with Crippen molar-refractivity contribution in [3.63, 3.8) is 0 Å². The Labute approximate surface area is 139 Å². The monoisotopic (exact) mass is 321 g/mol. The van der Waals surface area contributed by atoms with E-state index in [0.717, 1.165) is 11.6 Å². The van der Waals surface area contributed by atoms with E-state index in [-0.39, 0.29) is 0 Å². The zero-order valence-electron chi connectivity index (χ0n) is 12.8. The van der Waals surface area contributed by atoms with Gasteiger partial charge in [0.15, 0.2) is 0 Å². The number of esters is 1. The largest absolute Gasteiger partial charge is 0.478 e. The summed E-state index contributed by atoms with van der Waals surface area (Å²) in [6, 6.07) is 18.6. The van der Waals surface area contributed by atoms with Gasteiger partial charge < -0.3 is 9.84 Å². The van der Waals surface area contributed by atoms with Crippen molar-refractivity contribution in [2.24, 2.45) is 0 Å². The Bertz CT molecular complexity index is 759. The second-order valence-corrected chi connectivity index (χ2v) is 4.36. The summed E-state index contributed by atoms with van der Waals surface area (Å²) >= 11 is 0. The van der Waals surface area contributed by atoms with Crippen LogP contribution in [0.4, 0.5) is 0 Å². The Morgan fingerprint density at radius 3 is 2.00 bits per heavy atom. The minimum Gasteiger partial charge on any atom is -0.478 e.